The number of benzene rings is 2. The number of carbonyl (C=O) groups is 3. The molecule has 0 radical (unpaired) electrons. The third kappa shape index (κ3) is 3.81. The van der Waals surface area contributed by atoms with Crippen molar-refractivity contribution in [1.82, 2.24) is 10.2 Å². The number of imide groups is 1. The molecule has 2 aromatic carbocycles. The summed E-state index contributed by atoms with van der Waals surface area (Å²) >= 11 is 0. The van der Waals surface area contributed by atoms with Crippen LogP contribution in [0.5, 0.6) is 5.75 Å². The number of ether oxygens (including phenoxy) is 1. The minimum atomic E-state index is -1.19. The van der Waals surface area contributed by atoms with Gasteiger partial charge in [0.25, 0.3) is 5.91 Å². The van der Waals surface area contributed by atoms with Crippen LogP contribution < -0.4 is 15.4 Å². The van der Waals surface area contributed by atoms with Crippen LogP contribution in [0.2, 0.25) is 0 Å². The summed E-state index contributed by atoms with van der Waals surface area (Å²) in [5, 5.41) is 5.52. The van der Waals surface area contributed by atoms with Gasteiger partial charge in [-0.05, 0) is 61.2 Å². The van der Waals surface area contributed by atoms with Crippen LogP contribution in [-0.2, 0) is 15.1 Å². The van der Waals surface area contributed by atoms with E-state index in [2.05, 4.69) is 10.6 Å². The first-order chi connectivity index (χ1) is 13.8. The quantitative estimate of drug-likeness (QED) is 0.736. The van der Waals surface area contributed by atoms with Gasteiger partial charge in [0, 0.05) is 5.69 Å². The van der Waals surface area contributed by atoms with E-state index in [4.69, 9.17) is 4.74 Å². The van der Waals surface area contributed by atoms with Crippen LogP contribution in [-0.4, -0.2) is 36.4 Å². The molecule has 0 spiro atoms. The zero-order valence-electron chi connectivity index (χ0n) is 17.0. The molecule has 1 atom stereocenters. The van der Waals surface area contributed by atoms with Gasteiger partial charge < -0.3 is 15.4 Å². The number of amides is 4. The number of rotatable bonds is 6. The van der Waals surface area contributed by atoms with Gasteiger partial charge in [-0.3, -0.25) is 14.5 Å². The molecule has 7 nitrogen and oxygen atoms in total. The van der Waals surface area contributed by atoms with E-state index >= 15 is 0 Å². The van der Waals surface area contributed by atoms with Gasteiger partial charge in [0.1, 0.15) is 17.8 Å². The van der Waals surface area contributed by atoms with E-state index in [1.54, 1.807) is 37.4 Å². The highest BCUT2D eigenvalue weighted by molar-refractivity contribution is 6.10. The van der Waals surface area contributed by atoms with E-state index in [1.165, 1.54) is 0 Å². The minimum Gasteiger partial charge on any atom is -0.497 e. The average molecular weight is 395 g/mol. The molecule has 1 fully saturated rings. The fourth-order valence-corrected chi connectivity index (χ4v) is 3.45. The summed E-state index contributed by atoms with van der Waals surface area (Å²) in [6.45, 7) is 5.40. The van der Waals surface area contributed by atoms with Crippen LogP contribution >= 0.6 is 0 Å². The third-order valence-electron chi connectivity index (χ3n) is 5.38. The Morgan fingerprint density at radius 3 is 2.38 bits per heavy atom. The molecular formula is C22H25N3O4. The molecule has 0 aliphatic carbocycles. The molecular weight excluding hydrogens is 370 g/mol. The maximum absolute atomic E-state index is 13.1. The van der Waals surface area contributed by atoms with E-state index < -0.39 is 23.4 Å². The van der Waals surface area contributed by atoms with Gasteiger partial charge in [-0.25, -0.2) is 4.79 Å². The lowest BCUT2D eigenvalue weighted by Crippen LogP contribution is -2.44. The molecule has 2 N–H and O–H groups in total. The van der Waals surface area contributed by atoms with Crippen molar-refractivity contribution in [2.24, 2.45) is 0 Å². The first-order valence-corrected chi connectivity index (χ1v) is 9.46. The average Bonchev–Trinajstić information content (AvgIpc) is 2.96. The molecule has 29 heavy (non-hydrogen) atoms. The number of urea groups is 1. The van der Waals surface area contributed by atoms with Crippen LogP contribution in [0, 0.1) is 13.8 Å². The van der Waals surface area contributed by atoms with Gasteiger partial charge >= 0.3 is 6.03 Å². The van der Waals surface area contributed by atoms with Crippen LogP contribution in [0.15, 0.2) is 42.5 Å². The van der Waals surface area contributed by atoms with E-state index in [0.717, 1.165) is 16.0 Å². The molecule has 1 aliphatic heterocycles. The van der Waals surface area contributed by atoms with Crippen molar-refractivity contribution in [2.75, 3.05) is 19.0 Å². The summed E-state index contributed by atoms with van der Waals surface area (Å²) in [5.74, 6) is -0.217. The predicted molar refractivity (Wildman–Crippen MR) is 110 cm³/mol. The predicted octanol–water partition coefficient (Wildman–Crippen LogP) is 3.11. The maximum atomic E-state index is 13.1. The van der Waals surface area contributed by atoms with Crippen LogP contribution in [0.3, 0.4) is 0 Å². The summed E-state index contributed by atoms with van der Waals surface area (Å²) in [5.41, 5.74) is 2.24. The Balaban J connectivity index is 1.77. The Morgan fingerprint density at radius 1 is 1.10 bits per heavy atom. The van der Waals surface area contributed by atoms with Crippen molar-refractivity contribution in [3.05, 3.63) is 59.2 Å². The van der Waals surface area contributed by atoms with Crippen molar-refractivity contribution in [2.45, 2.75) is 32.7 Å². The minimum absolute atomic E-state index is 0.352. The molecule has 0 unspecified atom stereocenters. The van der Waals surface area contributed by atoms with Gasteiger partial charge in [-0.15, -0.1) is 0 Å². The summed E-state index contributed by atoms with van der Waals surface area (Å²) in [4.78, 5) is 39.1. The second-order valence-corrected chi connectivity index (χ2v) is 7.16. The Morgan fingerprint density at radius 2 is 1.79 bits per heavy atom. The molecule has 4 amide bonds. The number of hydrogen-bond acceptors (Lipinski definition) is 4. The maximum Gasteiger partial charge on any atom is 0.325 e. The molecule has 0 bridgehead atoms. The second-order valence-electron chi connectivity index (χ2n) is 7.16. The number of nitrogens with zero attached hydrogens (tertiary/aromatic N) is 1. The number of hydrogen-bond donors (Lipinski definition) is 2. The lowest BCUT2D eigenvalue weighted by atomic mass is 9.87. The fourth-order valence-electron chi connectivity index (χ4n) is 3.45. The Bertz CT molecular complexity index is 955. The van der Waals surface area contributed by atoms with Crippen molar-refractivity contribution in [1.29, 1.82) is 0 Å². The first kappa shape index (κ1) is 20.4. The lowest BCUT2D eigenvalue weighted by molar-refractivity contribution is -0.134. The van der Waals surface area contributed by atoms with Gasteiger partial charge in [0.15, 0.2) is 0 Å². The number of carbonyl (C=O) groups excluding carboxylic acids is 3. The highest BCUT2D eigenvalue weighted by Crippen LogP contribution is 2.33. The molecule has 3 rings (SSSR count). The third-order valence-corrected chi connectivity index (χ3v) is 5.38. The summed E-state index contributed by atoms with van der Waals surface area (Å²) in [6.07, 6.45) is 0.360. The number of nitrogens with one attached hydrogen (secondary N) is 2. The normalized spacial score (nSPS) is 18.6. The molecule has 2 aromatic rings. The van der Waals surface area contributed by atoms with Gasteiger partial charge in [-0.2, -0.15) is 0 Å². The lowest BCUT2D eigenvalue weighted by Gasteiger charge is -2.26. The van der Waals surface area contributed by atoms with E-state index in [0.29, 0.717) is 23.4 Å². The number of aryl methyl sites for hydroxylation is 2. The van der Waals surface area contributed by atoms with Crippen molar-refractivity contribution >= 4 is 23.5 Å². The Labute approximate surface area is 170 Å². The zero-order chi connectivity index (χ0) is 21.2. The van der Waals surface area contributed by atoms with Crippen LogP contribution in [0.25, 0.3) is 0 Å². The molecule has 152 valence electrons. The van der Waals surface area contributed by atoms with Gasteiger partial charge in [0.2, 0.25) is 5.91 Å². The molecule has 0 saturated carbocycles. The summed E-state index contributed by atoms with van der Waals surface area (Å²) in [6, 6.07) is 11.9. The number of methoxy groups -OCH3 is 1. The summed E-state index contributed by atoms with van der Waals surface area (Å²) in [7, 11) is 1.56. The SMILES string of the molecule is CC[C@@]1(c2ccc(OC)cc2)NC(=O)N(CC(=O)Nc2ccc(C)c(C)c2)C1=O. The van der Waals surface area contributed by atoms with E-state index in [-0.39, 0.29) is 6.54 Å². The highest BCUT2D eigenvalue weighted by Gasteiger charge is 2.51. The van der Waals surface area contributed by atoms with E-state index in [9.17, 15) is 14.4 Å². The largest absolute Gasteiger partial charge is 0.497 e. The van der Waals surface area contributed by atoms with Crippen molar-refractivity contribution in [3.8, 4) is 5.75 Å². The first-order valence-electron chi connectivity index (χ1n) is 9.46. The van der Waals surface area contributed by atoms with Crippen LogP contribution in [0.4, 0.5) is 10.5 Å². The standard InChI is InChI=1S/C22H25N3O4/c1-5-22(16-7-10-18(29-4)11-8-16)20(27)25(21(28)24-22)13-19(26)23-17-9-6-14(2)15(3)12-17/h6-12H,5,13H2,1-4H3,(H,23,26)(H,24,28)/t22-/m0/s1. The van der Waals surface area contributed by atoms with Gasteiger partial charge in [0.05, 0.1) is 7.11 Å². The van der Waals surface area contributed by atoms with Crippen molar-refractivity contribution in [3.63, 3.8) is 0 Å². The Hall–Kier alpha value is -3.35. The number of anilines is 1. The second kappa shape index (κ2) is 7.95. The molecule has 1 aliphatic rings. The van der Waals surface area contributed by atoms with Crippen molar-refractivity contribution < 1.29 is 19.1 Å². The monoisotopic (exact) mass is 395 g/mol. The summed E-state index contributed by atoms with van der Waals surface area (Å²) < 4.78 is 5.16. The molecule has 7 heteroatoms. The fraction of sp³-hybridized carbons (Fsp3) is 0.318. The molecule has 0 aromatic heterocycles. The van der Waals surface area contributed by atoms with Crippen LogP contribution in [0.1, 0.15) is 30.0 Å². The highest BCUT2D eigenvalue weighted by atomic mass is 16.5. The smallest absolute Gasteiger partial charge is 0.325 e. The molecule has 1 heterocycles. The van der Waals surface area contributed by atoms with E-state index in [1.807, 2.05) is 32.9 Å². The topological polar surface area (TPSA) is 87.7 Å². The Kier molecular flexibility index (Phi) is 5.59. The molecule has 1 saturated heterocycles. The zero-order valence-corrected chi connectivity index (χ0v) is 17.0. The van der Waals surface area contributed by atoms with Gasteiger partial charge in [-0.1, -0.05) is 25.1 Å².